The molecule has 0 amide bonds. The first kappa shape index (κ1) is 8.57. The van der Waals surface area contributed by atoms with Gasteiger partial charge in [-0.15, -0.1) is 0 Å². The number of likely N-dealkylation sites (N-methyl/N-ethyl adjacent to an activating group) is 1. The zero-order chi connectivity index (χ0) is 8.86. The van der Waals surface area contributed by atoms with Crippen molar-refractivity contribution in [2.75, 3.05) is 7.05 Å². The Morgan fingerprint density at radius 3 is 1.73 bits per heavy atom. The van der Waals surface area contributed by atoms with Crippen molar-refractivity contribution < 1.29 is 0 Å². The minimum absolute atomic E-state index is 0.0668. The van der Waals surface area contributed by atoms with Crippen LogP contribution in [0.2, 0.25) is 0 Å². The molecule has 0 aromatic carbocycles. The molecular weight excluding hydrogens is 136 g/mol. The second-order valence-corrected chi connectivity index (χ2v) is 4.72. The molecule has 0 unspecified atom stereocenters. The molecule has 64 valence electrons. The summed E-state index contributed by atoms with van der Waals surface area (Å²) in [6.07, 6.45) is 0. The van der Waals surface area contributed by atoms with Gasteiger partial charge in [-0.1, -0.05) is 0 Å². The van der Waals surface area contributed by atoms with Crippen molar-refractivity contribution in [3.8, 4) is 0 Å². The quantitative estimate of drug-likeness (QED) is 0.486. The Hall–Kier alpha value is -0.530. The highest BCUT2D eigenvalue weighted by molar-refractivity contribution is 6.05. The van der Waals surface area contributed by atoms with E-state index in [1.807, 2.05) is 0 Å². The normalized spacial score (nSPS) is 26.0. The number of hydrogen-bond donors (Lipinski definition) is 0. The molecule has 0 aromatic heterocycles. The van der Waals surface area contributed by atoms with Gasteiger partial charge in [-0.2, -0.15) is 0 Å². The Balaban J connectivity index is 2.75. The van der Waals surface area contributed by atoms with Crippen LogP contribution in [0.4, 0.5) is 0 Å². The smallest absolute Gasteiger partial charge is 0.126 e. The van der Waals surface area contributed by atoms with Gasteiger partial charge < -0.3 is 4.90 Å². The minimum atomic E-state index is 0.0668. The third-order valence-corrected chi connectivity index (χ3v) is 2.09. The van der Waals surface area contributed by atoms with Crippen molar-refractivity contribution in [3.63, 3.8) is 0 Å². The van der Waals surface area contributed by atoms with Crippen molar-refractivity contribution in [1.29, 1.82) is 0 Å². The lowest BCUT2D eigenvalue weighted by molar-refractivity contribution is 0.534. The van der Waals surface area contributed by atoms with Gasteiger partial charge in [0.25, 0.3) is 0 Å². The van der Waals surface area contributed by atoms with Crippen molar-refractivity contribution in [2.24, 2.45) is 4.99 Å². The summed E-state index contributed by atoms with van der Waals surface area (Å²) in [6, 6.07) is 0. The number of rotatable bonds is 0. The molecular formula is C9H18N2. The summed E-state index contributed by atoms with van der Waals surface area (Å²) in [4.78, 5) is 6.80. The molecule has 0 saturated carbocycles. The number of nitrogens with zero attached hydrogens (tertiary/aromatic N) is 2. The molecule has 1 fully saturated rings. The monoisotopic (exact) mass is 154 g/mol. The van der Waals surface area contributed by atoms with Crippen LogP contribution in [0.5, 0.6) is 0 Å². The Morgan fingerprint density at radius 1 is 1.27 bits per heavy atom. The van der Waals surface area contributed by atoms with E-state index in [9.17, 15) is 0 Å². The van der Waals surface area contributed by atoms with E-state index in [-0.39, 0.29) is 11.1 Å². The highest BCUT2D eigenvalue weighted by Gasteiger charge is 2.49. The molecule has 1 aliphatic heterocycles. The molecule has 11 heavy (non-hydrogen) atoms. The van der Waals surface area contributed by atoms with Crippen LogP contribution in [-0.4, -0.2) is 28.9 Å². The fourth-order valence-corrected chi connectivity index (χ4v) is 1.09. The molecule has 2 heteroatoms. The van der Waals surface area contributed by atoms with E-state index in [0.29, 0.717) is 0 Å². The van der Waals surface area contributed by atoms with E-state index in [1.165, 1.54) is 5.84 Å². The Bertz CT molecular complexity index is 196. The van der Waals surface area contributed by atoms with Crippen LogP contribution in [0.15, 0.2) is 4.99 Å². The van der Waals surface area contributed by atoms with E-state index in [0.717, 1.165) is 0 Å². The first-order valence-corrected chi connectivity index (χ1v) is 4.09. The van der Waals surface area contributed by atoms with Gasteiger partial charge in [0.15, 0.2) is 0 Å². The second kappa shape index (κ2) is 1.99. The van der Waals surface area contributed by atoms with Crippen LogP contribution in [0.1, 0.15) is 34.6 Å². The molecule has 0 atom stereocenters. The molecule has 1 aliphatic rings. The van der Waals surface area contributed by atoms with Crippen LogP contribution in [0.3, 0.4) is 0 Å². The molecule has 1 saturated heterocycles. The second-order valence-electron chi connectivity index (χ2n) is 4.72. The van der Waals surface area contributed by atoms with E-state index in [1.54, 1.807) is 0 Å². The zero-order valence-corrected chi connectivity index (χ0v) is 8.39. The number of aliphatic imine (C=N–C) groups is 1. The lowest BCUT2D eigenvalue weighted by Gasteiger charge is -2.09. The summed E-state index contributed by atoms with van der Waals surface area (Å²) in [5, 5.41) is 0. The topological polar surface area (TPSA) is 15.4 Å². The third kappa shape index (κ3) is 1.55. The largest absolute Gasteiger partial charge is 0.349 e. The van der Waals surface area contributed by atoms with E-state index < -0.39 is 0 Å². The fourth-order valence-electron chi connectivity index (χ4n) is 1.09. The minimum Gasteiger partial charge on any atom is -0.349 e. The highest BCUT2D eigenvalue weighted by atomic mass is 15.4. The molecule has 0 radical (unpaired) electrons. The number of amidine groups is 1. The molecule has 1 heterocycles. The van der Waals surface area contributed by atoms with Gasteiger partial charge in [0.2, 0.25) is 0 Å². The van der Waals surface area contributed by atoms with E-state index in [4.69, 9.17) is 0 Å². The van der Waals surface area contributed by atoms with Crippen molar-refractivity contribution >= 4 is 5.84 Å². The predicted molar refractivity (Wildman–Crippen MR) is 49.0 cm³/mol. The molecule has 0 aromatic rings. The van der Waals surface area contributed by atoms with Gasteiger partial charge in [0, 0.05) is 7.05 Å². The lowest BCUT2D eigenvalue weighted by Crippen LogP contribution is -2.11. The Kier molecular flexibility index (Phi) is 1.55. The maximum absolute atomic E-state index is 4.60. The van der Waals surface area contributed by atoms with Crippen LogP contribution >= 0.6 is 0 Å². The zero-order valence-electron chi connectivity index (χ0n) is 8.39. The molecule has 0 aliphatic carbocycles. The molecule has 0 bridgehead atoms. The maximum atomic E-state index is 4.60. The van der Waals surface area contributed by atoms with Crippen molar-refractivity contribution in [3.05, 3.63) is 0 Å². The fraction of sp³-hybridized carbons (Fsp3) is 0.889. The first-order valence-electron chi connectivity index (χ1n) is 4.09. The summed E-state index contributed by atoms with van der Waals surface area (Å²) >= 11 is 0. The molecule has 0 spiro atoms. The average molecular weight is 154 g/mol. The van der Waals surface area contributed by atoms with Gasteiger partial charge >= 0.3 is 0 Å². The highest BCUT2D eigenvalue weighted by Crippen LogP contribution is 2.33. The standard InChI is InChI=1S/C9H18N2/c1-8(2,3)10-7-9(4,5)11(7)6/h1-6H3. The van der Waals surface area contributed by atoms with Crippen molar-refractivity contribution in [2.45, 2.75) is 45.7 Å². The van der Waals surface area contributed by atoms with Crippen molar-refractivity contribution in [1.82, 2.24) is 4.90 Å². The molecule has 0 N–H and O–H groups in total. The number of hydrogen-bond acceptors (Lipinski definition) is 1. The summed E-state index contributed by atoms with van der Waals surface area (Å²) in [7, 11) is 2.09. The van der Waals surface area contributed by atoms with E-state index in [2.05, 4.69) is 51.6 Å². The van der Waals surface area contributed by atoms with Crippen LogP contribution in [0.25, 0.3) is 0 Å². The third-order valence-electron chi connectivity index (χ3n) is 2.09. The van der Waals surface area contributed by atoms with Crippen LogP contribution < -0.4 is 0 Å². The summed E-state index contributed by atoms with van der Waals surface area (Å²) < 4.78 is 0. The van der Waals surface area contributed by atoms with E-state index >= 15 is 0 Å². The summed E-state index contributed by atoms with van der Waals surface area (Å²) in [5.41, 5.74) is 0.282. The summed E-state index contributed by atoms with van der Waals surface area (Å²) in [6.45, 7) is 10.8. The van der Waals surface area contributed by atoms with Crippen LogP contribution in [-0.2, 0) is 0 Å². The summed E-state index contributed by atoms with van der Waals surface area (Å²) in [5.74, 6) is 1.23. The maximum Gasteiger partial charge on any atom is 0.126 e. The van der Waals surface area contributed by atoms with Gasteiger partial charge in [-0.25, -0.2) is 0 Å². The van der Waals surface area contributed by atoms with Crippen LogP contribution in [0, 0.1) is 0 Å². The lowest BCUT2D eigenvalue weighted by atomic mass is 10.1. The Labute approximate surface area is 69.3 Å². The van der Waals surface area contributed by atoms with Gasteiger partial charge in [0.05, 0.1) is 11.1 Å². The SMILES string of the molecule is CN1C(=NC(C)(C)C)C1(C)C. The van der Waals surface area contributed by atoms with Gasteiger partial charge in [0.1, 0.15) is 5.84 Å². The predicted octanol–water partition coefficient (Wildman–Crippen LogP) is 1.91. The van der Waals surface area contributed by atoms with Gasteiger partial charge in [-0.3, -0.25) is 4.99 Å². The Morgan fingerprint density at radius 2 is 1.64 bits per heavy atom. The average Bonchev–Trinajstić information content (AvgIpc) is 2.14. The first-order chi connectivity index (χ1) is 4.75. The molecule has 2 nitrogen and oxygen atoms in total. The molecule has 1 rings (SSSR count). The van der Waals surface area contributed by atoms with Gasteiger partial charge in [-0.05, 0) is 34.6 Å².